The SMILES string of the molecule is CC(=O)[C@H]1[C@H](C)C[C@H]2[C@@H]3CC(Cl)C4(Cl)C[C@@H](O)CC[C@]4(C)[C@H]3CC[C@@]21C. The van der Waals surface area contributed by atoms with Crippen molar-refractivity contribution in [1.82, 2.24) is 0 Å². The Labute approximate surface area is 168 Å². The van der Waals surface area contributed by atoms with E-state index in [4.69, 9.17) is 23.2 Å². The van der Waals surface area contributed by atoms with Gasteiger partial charge in [-0.3, -0.25) is 4.79 Å². The molecule has 4 fully saturated rings. The second-order valence-corrected chi connectivity index (χ2v) is 11.8. The minimum absolute atomic E-state index is 0.0119. The largest absolute Gasteiger partial charge is 0.393 e. The second kappa shape index (κ2) is 6.10. The number of rotatable bonds is 1. The molecule has 26 heavy (non-hydrogen) atoms. The Hall–Kier alpha value is 0.210. The van der Waals surface area contributed by atoms with Gasteiger partial charge < -0.3 is 5.11 Å². The first-order chi connectivity index (χ1) is 12.0. The number of alkyl halides is 2. The molecule has 0 saturated heterocycles. The van der Waals surface area contributed by atoms with Gasteiger partial charge in [-0.15, -0.1) is 23.2 Å². The van der Waals surface area contributed by atoms with Crippen LogP contribution in [0.3, 0.4) is 0 Å². The average Bonchev–Trinajstić information content (AvgIpc) is 2.81. The lowest BCUT2D eigenvalue weighted by Gasteiger charge is -2.65. The van der Waals surface area contributed by atoms with Gasteiger partial charge in [-0.25, -0.2) is 0 Å². The van der Waals surface area contributed by atoms with Gasteiger partial charge in [0, 0.05) is 5.92 Å². The first kappa shape index (κ1) is 19.5. The van der Waals surface area contributed by atoms with Gasteiger partial charge in [-0.2, -0.15) is 0 Å². The van der Waals surface area contributed by atoms with Crippen molar-refractivity contribution in [2.75, 3.05) is 0 Å². The lowest BCUT2D eigenvalue weighted by atomic mass is 9.44. The lowest BCUT2D eigenvalue weighted by molar-refractivity contribution is -0.134. The fourth-order valence-electron chi connectivity index (χ4n) is 8.39. The van der Waals surface area contributed by atoms with Crippen molar-refractivity contribution in [1.29, 1.82) is 0 Å². The molecule has 1 N–H and O–H groups in total. The topological polar surface area (TPSA) is 37.3 Å². The van der Waals surface area contributed by atoms with Crippen molar-refractivity contribution in [3.63, 3.8) is 0 Å². The molecule has 0 aromatic heterocycles. The van der Waals surface area contributed by atoms with Crippen molar-refractivity contribution in [3.05, 3.63) is 0 Å². The van der Waals surface area contributed by atoms with Crippen molar-refractivity contribution < 1.29 is 9.90 Å². The van der Waals surface area contributed by atoms with Gasteiger partial charge in [0.2, 0.25) is 0 Å². The zero-order valence-electron chi connectivity index (χ0n) is 16.6. The number of Topliss-reactive ketones (excluding diaryl/α,β-unsaturated/α-hetero) is 1. The fourth-order valence-corrected chi connectivity index (χ4v) is 9.44. The summed E-state index contributed by atoms with van der Waals surface area (Å²) in [4.78, 5) is 11.9. The van der Waals surface area contributed by atoms with Crippen LogP contribution in [0.15, 0.2) is 0 Å². The molecule has 0 spiro atoms. The van der Waals surface area contributed by atoms with Crippen molar-refractivity contribution in [2.45, 2.75) is 89.0 Å². The van der Waals surface area contributed by atoms with E-state index >= 15 is 0 Å². The maximum atomic E-state index is 12.4. The number of aliphatic hydroxyl groups excluding tert-OH is 1. The van der Waals surface area contributed by atoms with E-state index in [0.29, 0.717) is 35.9 Å². The van der Waals surface area contributed by atoms with Crippen LogP contribution in [0, 0.1) is 40.4 Å². The number of aliphatic hydroxyl groups is 1. The molecule has 4 aliphatic rings. The number of halogens is 2. The smallest absolute Gasteiger partial charge is 0.133 e. The molecule has 4 aliphatic carbocycles. The number of carbonyl (C=O) groups is 1. The number of ketones is 1. The summed E-state index contributed by atoms with van der Waals surface area (Å²) in [6.45, 7) is 8.79. The Kier molecular flexibility index (Phi) is 4.58. The zero-order chi connectivity index (χ0) is 19.1. The predicted molar refractivity (Wildman–Crippen MR) is 107 cm³/mol. The molecule has 2 unspecified atom stereocenters. The summed E-state index contributed by atoms with van der Waals surface area (Å²) < 4.78 is 0. The first-order valence-electron chi connectivity index (χ1n) is 10.6. The standard InChI is InChI=1S/C22H34Cl2O2/c1-12-9-17-15-10-18(23)22(24)11-14(26)5-8-21(22,4)16(15)6-7-20(17,3)19(12)13(2)25/h12,14-19,26H,5-11H2,1-4H3/t12-,14+,15-,16+,17+,18?,19-,20+,21-,22?/m1/s1. The van der Waals surface area contributed by atoms with Crippen LogP contribution < -0.4 is 0 Å². The number of fused-ring (bicyclic) bond motifs is 5. The van der Waals surface area contributed by atoms with Gasteiger partial charge in [-0.1, -0.05) is 20.8 Å². The normalized spacial score (nSPS) is 59.3. The third kappa shape index (κ3) is 2.37. The minimum Gasteiger partial charge on any atom is -0.393 e. The highest BCUT2D eigenvalue weighted by atomic mass is 35.5. The van der Waals surface area contributed by atoms with Crippen LogP contribution in [-0.4, -0.2) is 27.2 Å². The monoisotopic (exact) mass is 400 g/mol. The fraction of sp³-hybridized carbons (Fsp3) is 0.955. The summed E-state index contributed by atoms with van der Waals surface area (Å²) in [5.74, 6) is 2.76. The molecular weight excluding hydrogens is 367 g/mol. The molecule has 0 aliphatic heterocycles. The van der Waals surface area contributed by atoms with E-state index in [1.54, 1.807) is 6.92 Å². The van der Waals surface area contributed by atoms with Gasteiger partial charge in [0.15, 0.2) is 0 Å². The van der Waals surface area contributed by atoms with Crippen LogP contribution in [0.2, 0.25) is 0 Å². The molecule has 2 nitrogen and oxygen atoms in total. The van der Waals surface area contributed by atoms with Crippen molar-refractivity contribution >= 4 is 29.0 Å². The van der Waals surface area contributed by atoms with Gasteiger partial charge in [0.25, 0.3) is 0 Å². The summed E-state index contributed by atoms with van der Waals surface area (Å²) >= 11 is 14.2. The van der Waals surface area contributed by atoms with Crippen LogP contribution in [-0.2, 0) is 4.79 Å². The molecule has 0 amide bonds. The molecule has 4 saturated carbocycles. The third-order valence-corrected chi connectivity index (χ3v) is 11.0. The van der Waals surface area contributed by atoms with Crippen LogP contribution in [0.4, 0.5) is 0 Å². The quantitative estimate of drug-likeness (QED) is 0.596. The Morgan fingerprint density at radius 3 is 2.46 bits per heavy atom. The Morgan fingerprint density at radius 1 is 1.12 bits per heavy atom. The predicted octanol–water partition coefficient (Wildman–Crippen LogP) is 5.42. The number of hydrogen-bond donors (Lipinski definition) is 1. The van der Waals surface area contributed by atoms with Gasteiger partial charge in [0.1, 0.15) is 5.78 Å². The zero-order valence-corrected chi connectivity index (χ0v) is 18.1. The van der Waals surface area contributed by atoms with E-state index < -0.39 is 4.87 Å². The highest BCUT2D eigenvalue weighted by Gasteiger charge is 2.68. The number of carbonyl (C=O) groups excluding carboxylic acids is 1. The van der Waals surface area contributed by atoms with E-state index in [1.807, 2.05) is 0 Å². The average molecular weight is 401 g/mol. The van der Waals surface area contributed by atoms with Crippen molar-refractivity contribution in [3.8, 4) is 0 Å². The van der Waals surface area contributed by atoms with Crippen LogP contribution >= 0.6 is 23.2 Å². The Morgan fingerprint density at radius 2 is 1.81 bits per heavy atom. The van der Waals surface area contributed by atoms with Crippen LogP contribution in [0.5, 0.6) is 0 Å². The Balaban J connectivity index is 1.71. The molecule has 0 heterocycles. The molecule has 4 heteroatoms. The summed E-state index contributed by atoms with van der Waals surface area (Å²) in [5.41, 5.74) is 0.113. The van der Waals surface area contributed by atoms with Crippen LogP contribution in [0.25, 0.3) is 0 Å². The second-order valence-electron chi connectivity index (χ2n) is 10.6. The van der Waals surface area contributed by atoms with Gasteiger partial charge >= 0.3 is 0 Å². The van der Waals surface area contributed by atoms with Crippen LogP contribution in [0.1, 0.15) is 72.6 Å². The lowest BCUT2D eigenvalue weighted by Crippen LogP contribution is -2.64. The minimum atomic E-state index is -0.495. The molecule has 0 aromatic rings. The first-order valence-corrected chi connectivity index (χ1v) is 11.4. The summed E-state index contributed by atoms with van der Waals surface area (Å²) in [6, 6.07) is 0. The molecule has 0 aromatic carbocycles. The van der Waals surface area contributed by atoms with E-state index in [9.17, 15) is 9.90 Å². The molecule has 0 radical (unpaired) electrons. The highest BCUT2D eigenvalue weighted by molar-refractivity contribution is 6.33. The summed E-state index contributed by atoms with van der Waals surface area (Å²) in [5, 5.41) is 10.2. The van der Waals surface area contributed by atoms with Gasteiger partial charge in [0.05, 0.1) is 16.4 Å². The summed E-state index contributed by atoms with van der Waals surface area (Å²) in [7, 11) is 0. The van der Waals surface area contributed by atoms with E-state index in [-0.39, 0.29) is 28.2 Å². The molecular formula is C22H34Cl2O2. The van der Waals surface area contributed by atoms with Crippen molar-refractivity contribution in [2.24, 2.45) is 40.4 Å². The molecule has 0 bridgehead atoms. The number of hydrogen-bond acceptors (Lipinski definition) is 2. The van der Waals surface area contributed by atoms with E-state index in [2.05, 4.69) is 20.8 Å². The van der Waals surface area contributed by atoms with E-state index in [1.165, 1.54) is 0 Å². The Bertz CT molecular complexity index is 609. The highest BCUT2D eigenvalue weighted by Crippen LogP contribution is 2.71. The molecule has 4 rings (SSSR count). The summed E-state index contributed by atoms with van der Waals surface area (Å²) in [6.07, 6.45) is 6.49. The molecule has 148 valence electrons. The van der Waals surface area contributed by atoms with Gasteiger partial charge in [-0.05, 0) is 86.4 Å². The molecule has 10 atom stereocenters. The van der Waals surface area contributed by atoms with E-state index in [0.717, 1.165) is 38.5 Å². The third-order valence-electron chi connectivity index (χ3n) is 9.49. The maximum Gasteiger partial charge on any atom is 0.133 e. The maximum absolute atomic E-state index is 12.4.